The van der Waals surface area contributed by atoms with Crippen LogP contribution in [0.25, 0.3) is 0 Å². The van der Waals surface area contributed by atoms with Gasteiger partial charge in [-0.05, 0) is 311 Å². The fourth-order valence-corrected chi connectivity index (χ4v) is 15.2. The highest BCUT2D eigenvalue weighted by Crippen LogP contribution is 2.32. The van der Waals surface area contributed by atoms with E-state index in [1.165, 1.54) is 128 Å². The minimum Gasteiger partial charge on any atom is -0.444 e. The van der Waals surface area contributed by atoms with E-state index in [1.54, 1.807) is 54.5 Å². The van der Waals surface area contributed by atoms with Crippen molar-refractivity contribution in [1.29, 1.82) is 5.26 Å². The lowest BCUT2D eigenvalue weighted by molar-refractivity contribution is -0.0295. The first-order valence-corrected chi connectivity index (χ1v) is 49.8. The summed E-state index contributed by atoms with van der Waals surface area (Å²) >= 11 is 9.98. The summed E-state index contributed by atoms with van der Waals surface area (Å²) in [6, 6.07) is 48.3. The highest BCUT2D eigenvalue weighted by molar-refractivity contribution is 9.11. The monoisotopic (exact) mass is 2080 g/mol. The first kappa shape index (κ1) is 125. The summed E-state index contributed by atoms with van der Waals surface area (Å²) in [7, 11) is 0. The summed E-state index contributed by atoms with van der Waals surface area (Å²) in [5.74, 6) is 18.6. The molecule has 1 heterocycles. The maximum atomic E-state index is 11.6. The number of nitrogens with two attached hydrogens (primary N) is 3. The highest BCUT2D eigenvalue weighted by atomic mass is 79.9. The van der Waals surface area contributed by atoms with E-state index in [1.807, 2.05) is 169 Å². The summed E-state index contributed by atoms with van der Waals surface area (Å²) in [4.78, 5) is 45.0. The van der Waals surface area contributed by atoms with Gasteiger partial charge in [-0.15, -0.1) is 24.8 Å². The Bertz CT molecular complexity index is 4440. The van der Waals surface area contributed by atoms with Crippen LogP contribution in [0.15, 0.2) is 159 Å². The molecule has 0 bridgehead atoms. The van der Waals surface area contributed by atoms with Crippen LogP contribution in [0.4, 0.5) is 19.2 Å². The van der Waals surface area contributed by atoms with E-state index in [2.05, 4.69) is 111 Å². The predicted molar refractivity (Wildman–Crippen MR) is 553 cm³/mol. The summed E-state index contributed by atoms with van der Waals surface area (Å²) < 4.78 is 31.8. The van der Waals surface area contributed by atoms with Crippen LogP contribution in [0, 0.1) is 71.0 Å². The van der Waals surface area contributed by atoms with Crippen LogP contribution >= 0.6 is 60.2 Å². The maximum absolute atomic E-state index is 11.6. The third-order valence-electron chi connectivity index (χ3n) is 20.6. The molecule has 1 aliphatic heterocycles. The van der Waals surface area contributed by atoms with Crippen LogP contribution < -0.4 is 27.8 Å². The van der Waals surface area contributed by atoms with Crippen molar-refractivity contribution in [2.45, 2.75) is 316 Å². The number of halogens is 4. The maximum Gasteiger partial charge on any atom is 0.519 e. The Hall–Kier alpha value is -7.94. The van der Waals surface area contributed by atoms with Crippen molar-refractivity contribution in [2.75, 3.05) is 52.5 Å². The number of hydrogen-bond donors (Lipinski definition) is 12. The number of benzene rings is 6. The second-order valence-electron chi connectivity index (χ2n) is 37.3. The minimum absolute atomic E-state index is 0. The number of ether oxygens (including phenoxy) is 6. The predicted octanol–water partition coefficient (Wildman–Crippen LogP) is 23.5. The number of aryl methyl sites for hydroxylation is 1. The Morgan fingerprint density at radius 2 is 0.748 bits per heavy atom. The van der Waals surface area contributed by atoms with E-state index in [-0.39, 0.29) is 25.4 Å². The fraction of sp³-hybridized carbons (Fsp3) is 0.565. The largest absolute Gasteiger partial charge is 0.519 e. The summed E-state index contributed by atoms with van der Waals surface area (Å²) in [5.41, 5.74) is 22.4. The molecule has 4 aliphatic carbocycles. The second kappa shape index (κ2) is 71.5. The number of hydrogen-bond acceptors (Lipinski definition) is 21. The van der Waals surface area contributed by atoms with E-state index in [9.17, 15) is 49.8 Å². The van der Waals surface area contributed by atoms with Crippen molar-refractivity contribution in [1.82, 2.24) is 10.6 Å². The van der Waals surface area contributed by atoms with Gasteiger partial charge in [-0.2, -0.15) is 5.26 Å². The van der Waals surface area contributed by atoms with Gasteiger partial charge >= 0.3 is 24.5 Å². The SMILES string of the molecule is C#CC1CCCC1.C1CCOC1.CC(C)(C)OC(=O)NCCC(O)c1cccc(Br)c1.CC(C)(C)OC(=O)NCCC(O)c1cccc(C#CC2CCCC2)c1.CC(C)(C)OC(=O)OC(=O)OC(C)(C)C.CCO.Cl.N#CCC(O)c1cccc(Br)c1.NCCC(O)c1cccc(Br)c1.NCCC(O)c1cccc(C#CC2CCCC2)c1.NCCC(O)c1cccc(CCC2CCCC2)c1. The summed E-state index contributed by atoms with van der Waals surface area (Å²) in [6.45, 7) is 27.1. The summed E-state index contributed by atoms with van der Waals surface area (Å²) in [5, 5.41) is 80.3. The molecule has 0 radical (unpaired) electrons. The molecule has 0 spiro atoms. The molecule has 0 aromatic heterocycles. The van der Waals surface area contributed by atoms with Gasteiger partial charge < -0.3 is 92.0 Å². The van der Waals surface area contributed by atoms with E-state index < -0.39 is 83.5 Å². The number of nitrogens with zero attached hydrogens (tertiary/aromatic N) is 1. The Balaban J connectivity index is 0.000000773. The molecule has 5 fully saturated rings. The molecule has 6 unspecified atom stereocenters. The molecule has 2 amide bonds. The number of aliphatic hydroxyl groups is 7. The molecule has 6 aromatic carbocycles. The zero-order chi connectivity index (χ0) is 99.9. The van der Waals surface area contributed by atoms with Gasteiger partial charge in [-0.3, -0.25) is 0 Å². The van der Waals surface area contributed by atoms with E-state index >= 15 is 0 Å². The molecule has 6 atom stereocenters. The molecule has 11 rings (SSSR count). The van der Waals surface area contributed by atoms with Gasteiger partial charge in [-0.1, -0.05) is 221 Å². The van der Waals surface area contributed by atoms with Gasteiger partial charge in [0.1, 0.15) is 22.4 Å². The molecule has 6 aromatic rings. The topological polar surface area (TPSA) is 391 Å². The van der Waals surface area contributed by atoms with Crippen LogP contribution in [-0.2, 0) is 34.8 Å². The molecule has 15 N–H and O–H groups in total. The molecule has 4 saturated carbocycles. The number of carbonyl (C=O) groups is 4. The molecule has 1 saturated heterocycles. The number of amides is 2. The highest BCUT2D eigenvalue weighted by Gasteiger charge is 2.26. The van der Waals surface area contributed by atoms with Crippen LogP contribution in [0.5, 0.6) is 0 Å². The second-order valence-corrected chi connectivity index (χ2v) is 40.0. The minimum atomic E-state index is -1.06. The lowest BCUT2D eigenvalue weighted by Gasteiger charge is -2.20. The molecular formula is C108H158Br3ClN6O17. The van der Waals surface area contributed by atoms with Crippen molar-refractivity contribution in [3.63, 3.8) is 0 Å². The van der Waals surface area contributed by atoms with Crippen molar-refractivity contribution < 1.29 is 83.3 Å². The molecule has 5 aliphatic rings. The van der Waals surface area contributed by atoms with Crippen LogP contribution in [0.2, 0.25) is 0 Å². The average Bonchev–Trinajstić information content (AvgIpc) is 1.47. The number of carbonyl (C=O) groups excluding carboxylic acids is 4. The van der Waals surface area contributed by atoms with Crippen molar-refractivity contribution in [3.8, 4) is 42.1 Å². The number of rotatable bonds is 22. The standard InChI is InChI=1S/C21H29NO3.C16H25NO.C16H21NO.C14H20BrNO3.C10H18O5.C9H12BrNO.C9H8BrNO.C7H10.C4H8O.C2H6O.ClH/c1-21(2,3)25-20(24)22-14-13-19(23)18-10-6-9-17(15-18)12-11-16-7-4-5-8-16;2*17-11-10-16(18)15-7-3-6-14(12-15)9-8-13-4-1-2-5-13;1-14(2,3)19-13(18)16-8-7-12(17)10-5-4-6-11(15)9-10;1-9(2,3)14-7(11)13-8(12)15-10(4,5)6;2*10-8-3-1-2-7(6-8)9(12)4-5-11;1-2-7-5-3-4-6-7;1-2-4-5-3-1;1-2-3;/h6,9-10,15-16,19,23H,4-5,7-8,13-14H2,1-3H3,(H,22,24);3,6-7,12-13,16,18H,1-2,4-5,8-11,17H2;3,6-7,12-13,16,18H,1-2,4-5,10-11,17H2;4-6,9,12,17H,7-8H2,1-3H3,(H,16,18);1-6H3;1-3,6,9,12H,4-5,11H2;1-3,6,9,12H,4H2;1,7H,3-6H2;1-4H2;3H,2H2,1H3;1H. The third kappa shape index (κ3) is 64.0. The van der Waals surface area contributed by atoms with Gasteiger partial charge in [-0.25, -0.2) is 19.2 Å². The molecule has 750 valence electrons. The van der Waals surface area contributed by atoms with Crippen molar-refractivity contribution in [2.24, 2.45) is 40.9 Å². The number of alkyl carbamates (subject to hydrolysis) is 2. The third-order valence-corrected chi connectivity index (χ3v) is 22.1. The number of nitrogens with one attached hydrogen (secondary N) is 2. The van der Waals surface area contributed by atoms with Crippen LogP contribution in [0.3, 0.4) is 0 Å². The van der Waals surface area contributed by atoms with Gasteiger partial charge in [0.05, 0.1) is 49.1 Å². The van der Waals surface area contributed by atoms with E-state index in [0.717, 1.165) is 83.5 Å². The first-order chi connectivity index (χ1) is 63.5. The van der Waals surface area contributed by atoms with Gasteiger partial charge in [0, 0.05) is 75.2 Å². The fourth-order valence-electron chi connectivity index (χ4n) is 13.9. The zero-order valence-electron chi connectivity index (χ0n) is 82.2. The Morgan fingerprint density at radius 3 is 1.05 bits per heavy atom. The Labute approximate surface area is 838 Å². The lowest BCUT2D eigenvalue weighted by Crippen LogP contribution is -2.33. The number of aliphatic hydroxyl groups excluding tert-OH is 7. The average molecular weight is 2090 g/mol. The molecule has 27 heteroatoms. The Morgan fingerprint density at radius 1 is 0.444 bits per heavy atom. The van der Waals surface area contributed by atoms with E-state index in [0.29, 0.717) is 82.6 Å². The van der Waals surface area contributed by atoms with E-state index in [4.69, 9.17) is 57.7 Å². The van der Waals surface area contributed by atoms with Gasteiger partial charge in [0.15, 0.2) is 0 Å². The molecule has 135 heavy (non-hydrogen) atoms. The Kier molecular flexibility index (Phi) is 66.2. The smallest absolute Gasteiger partial charge is 0.444 e. The quantitative estimate of drug-likeness (QED) is 0.0130. The van der Waals surface area contributed by atoms with Crippen LogP contribution in [-0.4, -0.2) is 135 Å². The summed E-state index contributed by atoms with van der Waals surface area (Å²) in [6.07, 6.45) is 27.8. The van der Waals surface area contributed by atoms with Crippen molar-refractivity contribution in [3.05, 3.63) is 209 Å². The normalized spacial score (nSPS) is 15.2. The van der Waals surface area contributed by atoms with Gasteiger partial charge in [0.2, 0.25) is 0 Å². The first-order valence-electron chi connectivity index (χ1n) is 47.4. The zero-order valence-corrected chi connectivity index (χ0v) is 87.8. The number of terminal acetylenes is 1. The lowest BCUT2D eigenvalue weighted by atomic mass is 9.96. The number of nitriles is 1. The van der Waals surface area contributed by atoms with Crippen molar-refractivity contribution >= 4 is 84.7 Å². The molecular weight excluding hydrogens is 1930 g/mol. The molecule has 23 nitrogen and oxygen atoms in total. The van der Waals surface area contributed by atoms with Gasteiger partial charge in [0.25, 0.3) is 0 Å². The van der Waals surface area contributed by atoms with Crippen LogP contribution in [0.1, 0.15) is 337 Å².